The lowest BCUT2D eigenvalue weighted by atomic mass is 9.75. The van der Waals surface area contributed by atoms with Gasteiger partial charge in [-0.25, -0.2) is 0 Å². The molecule has 1 amide bonds. The maximum atomic E-state index is 11.6. The van der Waals surface area contributed by atoms with Crippen molar-refractivity contribution >= 4 is 5.91 Å². The lowest BCUT2D eigenvalue weighted by Crippen LogP contribution is -2.39. The number of rotatable bonds is 6. The molecule has 0 radical (unpaired) electrons. The first-order valence-corrected chi connectivity index (χ1v) is 10.1. The van der Waals surface area contributed by atoms with E-state index in [1.165, 1.54) is 16.7 Å². The smallest absolute Gasteiger partial charge is 0.251 e. The van der Waals surface area contributed by atoms with Crippen molar-refractivity contribution in [2.75, 3.05) is 7.05 Å². The summed E-state index contributed by atoms with van der Waals surface area (Å²) in [5.41, 5.74) is 6.51. The van der Waals surface area contributed by atoms with Gasteiger partial charge in [0, 0.05) is 30.8 Å². The van der Waals surface area contributed by atoms with Crippen LogP contribution in [0.15, 0.2) is 53.1 Å². The Morgan fingerprint density at radius 1 is 1.14 bits per heavy atom. The lowest BCUT2D eigenvalue weighted by molar-refractivity contribution is 0.0963. The molecule has 3 aromatic rings. The van der Waals surface area contributed by atoms with Gasteiger partial charge in [-0.15, -0.1) is 0 Å². The number of aromatic nitrogens is 1. The van der Waals surface area contributed by atoms with E-state index < -0.39 is 0 Å². The maximum Gasteiger partial charge on any atom is 0.251 e. The third-order valence-corrected chi connectivity index (χ3v) is 5.86. The normalized spacial score (nSPS) is 18.3. The number of amides is 1. The summed E-state index contributed by atoms with van der Waals surface area (Å²) in [5.74, 6) is 1.41. The molecule has 0 spiro atoms. The van der Waals surface area contributed by atoms with E-state index in [4.69, 9.17) is 4.52 Å². The van der Waals surface area contributed by atoms with Crippen LogP contribution in [0.3, 0.4) is 0 Å². The van der Waals surface area contributed by atoms with Crippen molar-refractivity contribution in [3.8, 4) is 11.1 Å². The summed E-state index contributed by atoms with van der Waals surface area (Å²) in [6, 6.07) is 17.1. The second-order valence-corrected chi connectivity index (χ2v) is 7.85. The molecule has 2 aromatic carbocycles. The number of benzene rings is 2. The molecule has 5 nitrogen and oxygen atoms in total. The van der Waals surface area contributed by atoms with Crippen molar-refractivity contribution in [2.45, 2.75) is 45.2 Å². The Morgan fingerprint density at radius 3 is 2.55 bits per heavy atom. The highest BCUT2D eigenvalue weighted by atomic mass is 16.5. The van der Waals surface area contributed by atoms with E-state index in [0.717, 1.165) is 36.4 Å². The molecular weight excluding hydrogens is 362 g/mol. The van der Waals surface area contributed by atoms with Crippen molar-refractivity contribution in [3.05, 3.63) is 76.7 Å². The van der Waals surface area contributed by atoms with Gasteiger partial charge in [0.05, 0.1) is 5.69 Å². The lowest BCUT2D eigenvalue weighted by Gasteiger charge is -2.36. The predicted octanol–water partition coefficient (Wildman–Crippen LogP) is 4.35. The van der Waals surface area contributed by atoms with Gasteiger partial charge in [-0.2, -0.15) is 0 Å². The zero-order valence-electron chi connectivity index (χ0n) is 17.2. The van der Waals surface area contributed by atoms with Crippen LogP contribution in [-0.4, -0.2) is 24.2 Å². The molecule has 1 aliphatic rings. The summed E-state index contributed by atoms with van der Waals surface area (Å²) in [6.45, 7) is 4.78. The highest BCUT2D eigenvalue weighted by Gasteiger charge is 2.30. The van der Waals surface area contributed by atoms with Crippen LogP contribution in [-0.2, 0) is 6.54 Å². The molecule has 2 N–H and O–H groups in total. The number of nitrogens with one attached hydrogen (secondary N) is 2. The molecule has 29 heavy (non-hydrogen) atoms. The Hall–Kier alpha value is -2.92. The molecule has 1 aromatic heterocycles. The summed E-state index contributed by atoms with van der Waals surface area (Å²) in [7, 11) is 1.65. The van der Waals surface area contributed by atoms with Gasteiger partial charge < -0.3 is 15.2 Å². The zero-order valence-corrected chi connectivity index (χ0v) is 17.2. The van der Waals surface area contributed by atoms with Crippen LogP contribution >= 0.6 is 0 Å². The first-order chi connectivity index (χ1) is 14.0. The van der Waals surface area contributed by atoms with E-state index in [2.05, 4.69) is 40.1 Å². The fourth-order valence-electron chi connectivity index (χ4n) is 4.08. The van der Waals surface area contributed by atoms with Crippen molar-refractivity contribution in [1.82, 2.24) is 15.8 Å². The van der Waals surface area contributed by atoms with Gasteiger partial charge in [-0.1, -0.05) is 41.6 Å². The van der Waals surface area contributed by atoms with Crippen molar-refractivity contribution in [2.24, 2.45) is 0 Å². The van der Waals surface area contributed by atoms with Crippen LogP contribution in [0.25, 0.3) is 11.1 Å². The minimum atomic E-state index is -0.0508. The molecule has 0 bridgehead atoms. The molecule has 1 aliphatic carbocycles. The topological polar surface area (TPSA) is 67.2 Å². The summed E-state index contributed by atoms with van der Waals surface area (Å²) in [6.07, 6.45) is 2.28. The van der Waals surface area contributed by atoms with Crippen LogP contribution in [0, 0.1) is 13.8 Å². The van der Waals surface area contributed by atoms with Crippen molar-refractivity contribution in [3.63, 3.8) is 0 Å². The van der Waals surface area contributed by atoms with Gasteiger partial charge in [0.15, 0.2) is 0 Å². The van der Waals surface area contributed by atoms with Crippen LogP contribution in [0.5, 0.6) is 0 Å². The Balaban J connectivity index is 1.32. The standard InChI is InChI=1S/C24H27N3O2/c1-15-23(16(2)29-27-15)20-6-4-5-19(11-20)21-12-22(13-21)26-14-17-7-9-18(10-8-17)24(28)25-3/h4-11,21-22,26H,12-14H2,1-3H3,(H,25,28). The van der Waals surface area contributed by atoms with E-state index in [1.54, 1.807) is 7.05 Å². The van der Waals surface area contributed by atoms with Crippen molar-refractivity contribution < 1.29 is 9.32 Å². The third kappa shape index (κ3) is 4.10. The van der Waals surface area contributed by atoms with E-state index in [0.29, 0.717) is 17.5 Å². The number of nitrogens with zero attached hydrogens (tertiary/aromatic N) is 1. The van der Waals surface area contributed by atoms with E-state index in [1.807, 2.05) is 38.1 Å². The van der Waals surface area contributed by atoms with Gasteiger partial charge >= 0.3 is 0 Å². The number of aryl methyl sites for hydroxylation is 2. The van der Waals surface area contributed by atoms with Crippen LogP contribution < -0.4 is 10.6 Å². The highest BCUT2D eigenvalue weighted by molar-refractivity contribution is 5.93. The third-order valence-electron chi connectivity index (χ3n) is 5.86. The minimum absolute atomic E-state index is 0.0508. The molecule has 5 heteroatoms. The van der Waals surface area contributed by atoms with E-state index >= 15 is 0 Å². The number of carbonyl (C=O) groups excluding carboxylic acids is 1. The molecule has 1 fully saturated rings. The quantitative estimate of drug-likeness (QED) is 0.658. The fourth-order valence-corrected chi connectivity index (χ4v) is 4.08. The minimum Gasteiger partial charge on any atom is -0.361 e. The molecule has 0 atom stereocenters. The molecule has 1 heterocycles. The largest absolute Gasteiger partial charge is 0.361 e. The average molecular weight is 389 g/mol. The monoisotopic (exact) mass is 389 g/mol. The summed E-state index contributed by atoms with van der Waals surface area (Å²) in [4.78, 5) is 11.6. The Bertz CT molecular complexity index is 982. The van der Waals surface area contributed by atoms with Crippen LogP contribution in [0.1, 0.15) is 51.7 Å². The van der Waals surface area contributed by atoms with Gasteiger partial charge in [0.1, 0.15) is 5.76 Å². The molecular formula is C24H27N3O2. The van der Waals surface area contributed by atoms with E-state index in [-0.39, 0.29) is 5.91 Å². The summed E-state index contributed by atoms with van der Waals surface area (Å²) >= 11 is 0. The Labute approximate surface area is 171 Å². The number of hydrogen-bond donors (Lipinski definition) is 2. The molecule has 0 saturated heterocycles. The maximum absolute atomic E-state index is 11.6. The van der Waals surface area contributed by atoms with E-state index in [9.17, 15) is 4.79 Å². The van der Waals surface area contributed by atoms with Crippen LogP contribution in [0.4, 0.5) is 0 Å². The number of hydrogen-bond acceptors (Lipinski definition) is 4. The summed E-state index contributed by atoms with van der Waals surface area (Å²) in [5, 5.41) is 10.4. The predicted molar refractivity (Wildman–Crippen MR) is 114 cm³/mol. The Morgan fingerprint density at radius 2 is 1.90 bits per heavy atom. The SMILES string of the molecule is CNC(=O)c1ccc(CNC2CC(c3cccc(-c4c(C)noc4C)c3)C2)cc1. The fraction of sp³-hybridized carbons (Fsp3) is 0.333. The first-order valence-electron chi connectivity index (χ1n) is 10.1. The second-order valence-electron chi connectivity index (χ2n) is 7.85. The highest BCUT2D eigenvalue weighted by Crippen LogP contribution is 2.39. The zero-order chi connectivity index (χ0) is 20.4. The molecule has 1 saturated carbocycles. The summed E-state index contributed by atoms with van der Waals surface area (Å²) < 4.78 is 5.33. The average Bonchev–Trinajstić information content (AvgIpc) is 3.05. The molecule has 0 aliphatic heterocycles. The second kappa shape index (κ2) is 8.21. The molecule has 150 valence electrons. The Kier molecular flexibility index (Phi) is 5.49. The van der Waals surface area contributed by atoms with Gasteiger partial charge in [0.2, 0.25) is 0 Å². The van der Waals surface area contributed by atoms with Crippen molar-refractivity contribution in [1.29, 1.82) is 0 Å². The van der Waals surface area contributed by atoms with Gasteiger partial charge in [0.25, 0.3) is 5.91 Å². The van der Waals surface area contributed by atoms with Crippen LogP contribution in [0.2, 0.25) is 0 Å². The molecule has 4 rings (SSSR count). The molecule has 0 unspecified atom stereocenters. The van der Waals surface area contributed by atoms with Gasteiger partial charge in [-0.05, 0) is 61.4 Å². The number of carbonyl (C=O) groups is 1. The van der Waals surface area contributed by atoms with Gasteiger partial charge in [-0.3, -0.25) is 4.79 Å². The first kappa shape index (κ1) is 19.4.